The summed E-state index contributed by atoms with van der Waals surface area (Å²) in [4.78, 5) is 25.4. The summed E-state index contributed by atoms with van der Waals surface area (Å²) in [7, 11) is 0. The van der Waals surface area contributed by atoms with Crippen molar-refractivity contribution in [2.45, 2.75) is 67.7 Å². The minimum atomic E-state index is -0.513. The molecule has 0 unspecified atom stereocenters. The first kappa shape index (κ1) is 25.1. The quantitative estimate of drug-likeness (QED) is 0.305. The van der Waals surface area contributed by atoms with E-state index in [0.717, 1.165) is 16.7 Å². The van der Waals surface area contributed by atoms with Crippen molar-refractivity contribution in [3.8, 4) is 11.5 Å². The molecule has 0 aromatic heterocycles. The van der Waals surface area contributed by atoms with E-state index >= 15 is 0 Å². The van der Waals surface area contributed by atoms with Gasteiger partial charge in [0.25, 0.3) is 0 Å². The summed E-state index contributed by atoms with van der Waals surface area (Å²) in [6, 6.07) is 6.84. The number of aromatic hydroxyl groups is 1. The number of esters is 1. The van der Waals surface area contributed by atoms with Crippen molar-refractivity contribution in [1.29, 1.82) is 0 Å². The standard InChI is InChI=1S/C28H34O4/c1-16(2)10-21-14-23(12-18(5)25(21)30)27(31)32-26-22(11-17(3)4)13-20(19(6)29)15-24(26)28(7,8)9/h10-15,30H,1-9H3. The Morgan fingerprint density at radius 1 is 0.844 bits per heavy atom. The minimum Gasteiger partial charge on any atom is -0.507 e. The van der Waals surface area contributed by atoms with Crippen molar-refractivity contribution in [3.05, 3.63) is 68.8 Å². The maximum absolute atomic E-state index is 13.2. The van der Waals surface area contributed by atoms with Crippen molar-refractivity contribution in [2.24, 2.45) is 0 Å². The molecular weight excluding hydrogens is 400 g/mol. The average molecular weight is 435 g/mol. The van der Waals surface area contributed by atoms with Crippen LogP contribution in [0.25, 0.3) is 12.2 Å². The second-order valence-corrected chi connectivity index (χ2v) is 9.81. The summed E-state index contributed by atoms with van der Waals surface area (Å²) in [5, 5.41) is 10.4. The van der Waals surface area contributed by atoms with Crippen LogP contribution in [0.1, 0.15) is 98.4 Å². The van der Waals surface area contributed by atoms with Gasteiger partial charge in [-0.3, -0.25) is 4.79 Å². The minimum absolute atomic E-state index is 0.0442. The Morgan fingerprint density at radius 2 is 1.38 bits per heavy atom. The smallest absolute Gasteiger partial charge is 0.343 e. The molecule has 170 valence electrons. The van der Waals surface area contributed by atoms with Crippen LogP contribution < -0.4 is 4.74 Å². The maximum Gasteiger partial charge on any atom is 0.343 e. The number of hydrogen-bond donors (Lipinski definition) is 1. The number of allylic oxidation sites excluding steroid dienone is 2. The first-order valence-electron chi connectivity index (χ1n) is 10.8. The number of carbonyl (C=O) groups is 2. The number of hydrogen-bond acceptors (Lipinski definition) is 4. The number of aryl methyl sites for hydroxylation is 1. The zero-order chi connectivity index (χ0) is 24.4. The van der Waals surface area contributed by atoms with Crippen LogP contribution in [0.4, 0.5) is 0 Å². The summed E-state index contributed by atoms with van der Waals surface area (Å²) >= 11 is 0. The third-order valence-electron chi connectivity index (χ3n) is 4.98. The SMILES string of the molecule is CC(=O)c1cc(C=C(C)C)c(OC(=O)c2cc(C)c(O)c(C=C(C)C)c2)c(C(C)(C)C)c1. The van der Waals surface area contributed by atoms with E-state index in [2.05, 4.69) is 0 Å². The predicted octanol–water partition coefficient (Wildman–Crippen LogP) is 7.27. The van der Waals surface area contributed by atoms with E-state index in [1.807, 2.05) is 66.7 Å². The molecular formula is C28H34O4. The van der Waals surface area contributed by atoms with Crippen LogP contribution in [0.15, 0.2) is 35.4 Å². The molecule has 2 aromatic rings. The molecule has 0 aliphatic carbocycles. The molecule has 2 aromatic carbocycles. The van der Waals surface area contributed by atoms with Crippen molar-refractivity contribution < 1.29 is 19.4 Å². The van der Waals surface area contributed by atoms with Gasteiger partial charge in [-0.15, -0.1) is 0 Å². The van der Waals surface area contributed by atoms with Gasteiger partial charge in [-0.1, -0.05) is 44.1 Å². The first-order chi connectivity index (χ1) is 14.7. The first-order valence-corrected chi connectivity index (χ1v) is 10.8. The van der Waals surface area contributed by atoms with Crippen LogP contribution in [-0.2, 0) is 5.41 Å². The Balaban J connectivity index is 2.69. The fourth-order valence-corrected chi connectivity index (χ4v) is 3.44. The van der Waals surface area contributed by atoms with Crippen molar-refractivity contribution in [1.82, 2.24) is 0 Å². The fraction of sp³-hybridized carbons (Fsp3) is 0.357. The molecule has 1 N–H and O–H groups in total. The lowest BCUT2D eigenvalue weighted by Crippen LogP contribution is -2.18. The van der Waals surface area contributed by atoms with Crippen LogP contribution in [0.3, 0.4) is 0 Å². The summed E-state index contributed by atoms with van der Waals surface area (Å²) < 4.78 is 5.98. The lowest BCUT2D eigenvalue weighted by atomic mass is 9.83. The monoisotopic (exact) mass is 434 g/mol. The molecule has 4 heteroatoms. The molecule has 0 amide bonds. The van der Waals surface area contributed by atoms with E-state index in [9.17, 15) is 14.7 Å². The molecule has 2 rings (SSSR count). The van der Waals surface area contributed by atoms with Crippen molar-refractivity contribution in [2.75, 3.05) is 0 Å². The summed E-state index contributed by atoms with van der Waals surface area (Å²) in [5.74, 6) is 0.0376. The van der Waals surface area contributed by atoms with Crippen LogP contribution >= 0.6 is 0 Å². The number of carbonyl (C=O) groups excluding carboxylic acids is 2. The molecule has 0 atom stereocenters. The predicted molar refractivity (Wildman–Crippen MR) is 132 cm³/mol. The van der Waals surface area contributed by atoms with Crippen LogP contribution in [0.5, 0.6) is 11.5 Å². The highest BCUT2D eigenvalue weighted by molar-refractivity contribution is 5.97. The second kappa shape index (κ2) is 9.56. The molecule has 0 bridgehead atoms. The molecule has 4 nitrogen and oxygen atoms in total. The average Bonchev–Trinajstić information content (AvgIpc) is 2.64. The number of phenols is 1. The zero-order valence-electron chi connectivity index (χ0n) is 20.6. The van der Waals surface area contributed by atoms with Crippen molar-refractivity contribution in [3.63, 3.8) is 0 Å². The number of ketones is 1. The van der Waals surface area contributed by atoms with Crippen LogP contribution in [-0.4, -0.2) is 16.9 Å². The van der Waals surface area contributed by atoms with Gasteiger partial charge in [-0.2, -0.15) is 0 Å². The molecule has 32 heavy (non-hydrogen) atoms. The molecule has 0 aliphatic rings. The maximum atomic E-state index is 13.2. The normalized spacial score (nSPS) is 11.0. The van der Waals surface area contributed by atoms with Gasteiger partial charge >= 0.3 is 5.97 Å². The third-order valence-corrected chi connectivity index (χ3v) is 4.98. The number of rotatable bonds is 5. The van der Waals surface area contributed by atoms with Gasteiger partial charge < -0.3 is 9.84 Å². The molecule has 0 aliphatic heterocycles. The Bertz CT molecular complexity index is 1120. The third kappa shape index (κ3) is 5.97. The highest BCUT2D eigenvalue weighted by Crippen LogP contribution is 2.37. The highest BCUT2D eigenvalue weighted by atomic mass is 16.5. The van der Waals surface area contributed by atoms with E-state index in [1.165, 1.54) is 6.92 Å². The van der Waals surface area contributed by atoms with Gasteiger partial charge in [-0.25, -0.2) is 4.79 Å². The van der Waals surface area contributed by atoms with Gasteiger partial charge in [0.2, 0.25) is 0 Å². The number of ether oxygens (including phenoxy) is 1. The summed E-state index contributed by atoms with van der Waals surface area (Å²) in [6.45, 7) is 17.1. The molecule has 0 saturated heterocycles. The molecule has 0 saturated carbocycles. The zero-order valence-corrected chi connectivity index (χ0v) is 20.6. The molecule has 0 heterocycles. The molecule has 0 fully saturated rings. The topological polar surface area (TPSA) is 63.6 Å². The number of phenolic OH excluding ortho intramolecular Hbond substituents is 1. The van der Waals surface area contributed by atoms with E-state index < -0.39 is 5.97 Å². The lowest BCUT2D eigenvalue weighted by Gasteiger charge is -2.25. The number of benzene rings is 2. The summed E-state index contributed by atoms with van der Waals surface area (Å²) in [5.41, 5.74) is 5.25. The van der Waals surface area contributed by atoms with E-state index in [4.69, 9.17) is 4.74 Å². The van der Waals surface area contributed by atoms with Gasteiger partial charge in [0.05, 0.1) is 5.56 Å². The van der Waals surface area contributed by atoms with E-state index in [1.54, 1.807) is 25.1 Å². The second-order valence-electron chi connectivity index (χ2n) is 9.81. The fourth-order valence-electron chi connectivity index (χ4n) is 3.44. The van der Waals surface area contributed by atoms with Gasteiger partial charge in [0.1, 0.15) is 11.5 Å². The van der Waals surface area contributed by atoms with Gasteiger partial charge in [-0.05, 0) is 76.8 Å². The van der Waals surface area contributed by atoms with Crippen LogP contribution in [0, 0.1) is 6.92 Å². The van der Waals surface area contributed by atoms with Gasteiger partial charge in [0, 0.05) is 22.3 Å². The van der Waals surface area contributed by atoms with E-state index in [-0.39, 0.29) is 16.9 Å². The largest absolute Gasteiger partial charge is 0.507 e. The Kier molecular flexibility index (Phi) is 7.50. The molecule has 0 spiro atoms. The van der Waals surface area contributed by atoms with Gasteiger partial charge in [0.15, 0.2) is 5.78 Å². The number of Topliss-reactive ketones (excluding diaryl/α,β-unsaturated/α-hetero) is 1. The Hall–Kier alpha value is -3.14. The molecule has 0 radical (unpaired) electrons. The Labute approximate surface area is 191 Å². The van der Waals surface area contributed by atoms with E-state index in [0.29, 0.717) is 33.6 Å². The highest BCUT2D eigenvalue weighted by Gasteiger charge is 2.25. The Morgan fingerprint density at radius 3 is 1.88 bits per heavy atom. The lowest BCUT2D eigenvalue weighted by molar-refractivity contribution is 0.0731. The van der Waals surface area contributed by atoms with Crippen molar-refractivity contribution >= 4 is 23.9 Å². The summed E-state index contributed by atoms with van der Waals surface area (Å²) in [6.07, 6.45) is 3.75. The van der Waals surface area contributed by atoms with Crippen LogP contribution in [0.2, 0.25) is 0 Å².